The monoisotopic (exact) mass is 161 g/mol. The summed E-state index contributed by atoms with van der Waals surface area (Å²) in [6.45, 7) is 0. The van der Waals surface area contributed by atoms with Crippen molar-refractivity contribution in [3.8, 4) is 0 Å². The van der Waals surface area contributed by atoms with E-state index in [-0.39, 0.29) is 0 Å². The molecule has 2 nitrogen and oxygen atoms in total. The van der Waals surface area contributed by atoms with Crippen LogP contribution in [-0.4, -0.2) is 10.9 Å². The van der Waals surface area contributed by atoms with Crippen LogP contribution < -0.4 is 0 Å². The van der Waals surface area contributed by atoms with Gasteiger partial charge in [-0.3, -0.25) is 4.79 Å². The number of nitrogens with zero attached hydrogens (tertiary/aromatic N) is 1. The van der Waals surface area contributed by atoms with E-state index in [4.69, 9.17) is 0 Å². The molecule has 1 aliphatic rings. The maximum atomic E-state index is 10.6. The van der Waals surface area contributed by atoms with E-state index in [1.165, 1.54) is 11.3 Å². The number of carbonyl (C=O) groups excluding carboxylic acids is 1. The number of hydrogen-bond donors (Lipinski definition) is 0. The van der Waals surface area contributed by atoms with Crippen molar-refractivity contribution in [2.75, 3.05) is 0 Å². The summed E-state index contributed by atoms with van der Waals surface area (Å²) in [5.41, 5.74) is 3.25. The van der Waals surface area contributed by atoms with Gasteiger partial charge in [-0.25, -0.2) is 0 Å². The van der Waals surface area contributed by atoms with Gasteiger partial charge in [0.2, 0.25) is 0 Å². The Morgan fingerprint density at radius 1 is 1.58 bits per heavy atom. The van der Waals surface area contributed by atoms with Gasteiger partial charge in [0, 0.05) is 12.7 Å². The van der Waals surface area contributed by atoms with Gasteiger partial charge in [0.1, 0.15) is 0 Å². The van der Waals surface area contributed by atoms with E-state index < -0.39 is 0 Å². The second-order valence-electron chi connectivity index (χ2n) is 3.10. The molecule has 0 saturated heterocycles. The molecule has 1 heterocycles. The topological polar surface area (TPSA) is 22.0 Å². The molecule has 0 spiro atoms. The van der Waals surface area contributed by atoms with Crippen molar-refractivity contribution in [3.05, 3.63) is 29.1 Å². The van der Waals surface area contributed by atoms with E-state index in [1.807, 2.05) is 17.7 Å². The fraction of sp³-hybridized carbons (Fsp3) is 0.300. The van der Waals surface area contributed by atoms with Gasteiger partial charge in [-0.15, -0.1) is 0 Å². The van der Waals surface area contributed by atoms with Crippen LogP contribution in [0.5, 0.6) is 0 Å². The maximum Gasteiger partial charge on any atom is 0.166 e. The number of rotatable bonds is 1. The summed E-state index contributed by atoms with van der Waals surface area (Å²) in [6, 6.07) is 1.98. The number of aldehydes is 1. The molecule has 2 heteroatoms. The average Bonchev–Trinajstić information content (AvgIpc) is 2.44. The Kier molecular flexibility index (Phi) is 1.61. The highest BCUT2D eigenvalue weighted by Gasteiger charge is 2.11. The smallest absolute Gasteiger partial charge is 0.166 e. The van der Waals surface area contributed by atoms with Gasteiger partial charge in [-0.05, 0) is 30.5 Å². The van der Waals surface area contributed by atoms with Gasteiger partial charge in [0.15, 0.2) is 6.29 Å². The molecule has 0 amide bonds. The second-order valence-corrected chi connectivity index (χ2v) is 3.10. The van der Waals surface area contributed by atoms with E-state index in [0.29, 0.717) is 0 Å². The summed E-state index contributed by atoms with van der Waals surface area (Å²) >= 11 is 0. The lowest BCUT2D eigenvalue weighted by atomic mass is 10.0. The first-order valence-electron chi connectivity index (χ1n) is 4.13. The summed E-state index contributed by atoms with van der Waals surface area (Å²) in [5.74, 6) is 0. The Morgan fingerprint density at radius 3 is 3.08 bits per heavy atom. The number of allylic oxidation sites excluding steroid dienone is 1. The Bertz CT molecular complexity index is 347. The van der Waals surface area contributed by atoms with Crippen molar-refractivity contribution in [3.63, 3.8) is 0 Å². The van der Waals surface area contributed by atoms with Crippen LogP contribution in [0.4, 0.5) is 0 Å². The summed E-state index contributed by atoms with van der Waals surface area (Å²) in [7, 11) is 1.93. The second kappa shape index (κ2) is 2.63. The van der Waals surface area contributed by atoms with Crippen molar-refractivity contribution < 1.29 is 4.79 Å². The highest BCUT2D eigenvalue weighted by molar-refractivity contribution is 5.75. The van der Waals surface area contributed by atoms with Crippen molar-refractivity contribution in [1.82, 2.24) is 4.57 Å². The SMILES string of the molecule is Cn1c(C=O)cc2c1C=CCC2. The Labute approximate surface area is 71.5 Å². The summed E-state index contributed by atoms with van der Waals surface area (Å²) in [4.78, 5) is 10.6. The number of fused-ring (bicyclic) bond motifs is 1. The van der Waals surface area contributed by atoms with E-state index in [1.54, 1.807) is 0 Å². The fourth-order valence-electron chi connectivity index (χ4n) is 1.67. The lowest BCUT2D eigenvalue weighted by molar-refractivity contribution is 0.111. The number of aryl methyl sites for hydroxylation is 1. The van der Waals surface area contributed by atoms with Crippen LogP contribution in [0.3, 0.4) is 0 Å². The molecule has 0 N–H and O–H groups in total. The molecule has 0 fully saturated rings. The van der Waals surface area contributed by atoms with Crippen molar-refractivity contribution >= 4 is 12.4 Å². The van der Waals surface area contributed by atoms with E-state index in [2.05, 4.69) is 12.2 Å². The van der Waals surface area contributed by atoms with Crippen LogP contribution in [0.2, 0.25) is 0 Å². The number of carbonyl (C=O) groups is 1. The van der Waals surface area contributed by atoms with Crippen LogP contribution in [0.15, 0.2) is 12.1 Å². The first-order valence-corrected chi connectivity index (χ1v) is 4.13. The van der Waals surface area contributed by atoms with E-state index in [0.717, 1.165) is 24.8 Å². The molecule has 0 aromatic carbocycles. The van der Waals surface area contributed by atoms with Gasteiger partial charge >= 0.3 is 0 Å². The maximum absolute atomic E-state index is 10.6. The molecule has 0 radical (unpaired) electrons. The number of hydrogen-bond acceptors (Lipinski definition) is 1. The van der Waals surface area contributed by atoms with Crippen molar-refractivity contribution in [2.45, 2.75) is 12.8 Å². The third kappa shape index (κ3) is 0.916. The third-order valence-electron chi connectivity index (χ3n) is 2.38. The summed E-state index contributed by atoms with van der Waals surface area (Å²) < 4.78 is 1.94. The van der Waals surface area contributed by atoms with Crippen molar-refractivity contribution in [1.29, 1.82) is 0 Å². The van der Waals surface area contributed by atoms with Crippen LogP contribution in [-0.2, 0) is 13.5 Å². The molecule has 1 aromatic rings. The van der Waals surface area contributed by atoms with Gasteiger partial charge in [0.05, 0.1) is 5.69 Å². The molecule has 1 aliphatic carbocycles. The van der Waals surface area contributed by atoms with Gasteiger partial charge in [0.25, 0.3) is 0 Å². The molecule has 1 aromatic heterocycles. The molecule has 62 valence electrons. The van der Waals surface area contributed by atoms with Crippen LogP contribution in [0, 0.1) is 0 Å². The standard InChI is InChI=1S/C10H11NO/c1-11-9(7-12)6-8-4-2-3-5-10(8)11/h3,5-7H,2,4H2,1H3. The molecule has 12 heavy (non-hydrogen) atoms. The highest BCUT2D eigenvalue weighted by atomic mass is 16.1. The first kappa shape index (κ1) is 7.35. The molecular weight excluding hydrogens is 150 g/mol. The van der Waals surface area contributed by atoms with E-state index in [9.17, 15) is 4.79 Å². The van der Waals surface area contributed by atoms with E-state index >= 15 is 0 Å². The van der Waals surface area contributed by atoms with Gasteiger partial charge < -0.3 is 4.57 Å². The summed E-state index contributed by atoms with van der Waals surface area (Å²) in [6.07, 6.45) is 7.30. The molecule has 0 atom stereocenters. The Morgan fingerprint density at radius 2 is 2.42 bits per heavy atom. The minimum atomic E-state index is 0.770. The van der Waals surface area contributed by atoms with Crippen LogP contribution in [0.1, 0.15) is 28.2 Å². The van der Waals surface area contributed by atoms with Gasteiger partial charge in [-0.2, -0.15) is 0 Å². The molecular formula is C10H11NO. The minimum absolute atomic E-state index is 0.770. The normalized spacial score (nSPS) is 14.4. The average molecular weight is 161 g/mol. The zero-order chi connectivity index (χ0) is 8.55. The zero-order valence-corrected chi connectivity index (χ0v) is 7.08. The summed E-state index contributed by atoms with van der Waals surface area (Å²) in [5, 5.41) is 0. The zero-order valence-electron chi connectivity index (χ0n) is 7.08. The predicted molar refractivity (Wildman–Crippen MR) is 48.2 cm³/mol. The minimum Gasteiger partial charge on any atom is -0.342 e. The lowest BCUT2D eigenvalue weighted by Crippen LogP contribution is -1.99. The molecule has 0 unspecified atom stereocenters. The third-order valence-corrected chi connectivity index (χ3v) is 2.38. The quantitative estimate of drug-likeness (QED) is 0.575. The number of aromatic nitrogens is 1. The lowest BCUT2D eigenvalue weighted by Gasteiger charge is -2.06. The molecule has 2 rings (SSSR count). The van der Waals surface area contributed by atoms with Gasteiger partial charge in [-0.1, -0.05) is 6.08 Å². The van der Waals surface area contributed by atoms with Crippen LogP contribution >= 0.6 is 0 Å². The Hall–Kier alpha value is -1.31. The highest BCUT2D eigenvalue weighted by Crippen LogP contribution is 2.21. The van der Waals surface area contributed by atoms with Crippen molar-refractivity contribution in [2.24, 2.45) is 7.05 Å². The Balaban J connectivity index is 2.60. The fourth-order valence-corrected chi connectivity index (χ4v) is 1.67. The molecule has 0 aliphatic heterocycles. The first-order chi connectivity index (χ1) is 5.83. The largest absolute Gasteiger partial charge is 0.342 e. The predicted octanol–water partition coefficient (Wildman–Crippen LogP) is 1.80. The van der Waals surface area contributed by atoms with Crippen LogP contribution in [0.25, 0.3) is 6.08 Å². The molecule has 0 bridgehead atoms. The molecule has 0 saturated carbocycles.